The van der Waals surface area contributed by atoms with E-state index in [2.05, 4.69) is 32.9 Å². The molecule has 0 saturated carbocycles. The summed E-state index contributed by atoms with van der Waals surface area (Å²) in [7, 11) is 0. The Balaban J connectivity index is 3.32. The van der Waals surface area contributed by atoms with Crippen molar-refractivity contribution in [3.8, 4) is 0 Å². The molecule has 0 saturated heterocycles. The Labute approximate surface area is 154 Å². The summed E-state index contributed by atoms with van der Waals surface area (Å²) in [5, 5.41) is 0. The van der Waals surface area contributed by atoms with Gasteiger partial charge in [0.1, 0.15) is 0 Å². The summed E-state index contributed by atoms with van der Waals surface area (Å²) >= 11 is 0. The van der Waals surface area contributed by atoms with E-state index in [9.17, 15) is 0 Å². The van der Waals surface area contributed by atoms with Gasteiger partial charge < -0.3 is 0 Å². The zero-order chi connectivity index (χ0) is 17.7. The largest absolute Gasteiger partial charge is 0.0888 e. The molecule has 0 amide bonds. The minimum atomic E-state index is 1.01. The first-order valence-corrected chi connectivity index (χ1v) is 11.5. The van der Waals surface area contributed by atoms with Gasteiger partial charge in [-0.15, -0.1) is 0 Å². The molecule has 0 nitrogen and oxygen atoms in total. The molecular formula is C24H48. The second-order valence-corrected chi connectivity index (χ2v) is 7.76. The average molecular weight is 337 g/mol. The van der Waals surface area contributed by atoms with Crippen LogP contribution in [0.25, 0.3) is 0 Å². The average Bonchev–Trinajstić information content (AvgIpc) is 2.60. The standard InChI is InChI=1S/C24H48/c1-4-7-9-11-13-15-17-19-21-23-24(6-3)22-20-18-16-14-12-10-8-5-2/h7,9,24H,4-6,8,10-23H2,1-3H3/b9-7+. The van der Waals surface area contributed by atoms with Gasteiger partial charge in [0, 0.05) is 0 Å². The molecule has 24 heavy (non-hydrogen) atoms. The van der Waals surface area contributed by atoms with Crippen molar-refractivity contribution >= 4 is 0 Å². The van der Waals surface area contributed by atoms with Crippen LogP contribution in [0.5, 0.6) is 0 Å². The van der Waals surface area contributed by atoms with Crippen molar-refractivity contribution in [3.63, 3.8) is 0 Å². The van der Waals surface area contributed by atoms with Crippen molar-refractivity contribution < 1.29 is 0 Å². The summed E-state index contributed by atoms with van der Waals surface area (Å²) in [5.41, 5.74) is 0. The van der Waals surface area contributed by atoms with E-state index in [-0.39, 0.29) is 0 Å². The van der Waals surface area contributed by atoms with Crippen LogP contribution >= 0.6 is 0 Å². The topological polar surface area (TPSA) is 0 Å². The molecule has 0 aromatic heterocycles. The molecule has 0 aliphatic carbocycles. The van der Waals surface area contributed by atoms with Crippen LogP contribution in [0.1, 0.15) is 136 Å². The minimum absolute atomic E-state index is 1.01. The van der Waals surface area contributed by atoms with E-state index in [1.54, 1.807) is 0 Å². The zero-order valence-electron chi connectivity index (χ0n) is 17.5. The van der Waals surface area contributed by atoms with E-state index in [0.29, 0.717) is 0 Å². The quantitative estimate of drug-likeness (QED) is 0.163. The molecule has 0 aliphatic rings. The van der Waals surface area contributed by atoms with E-state index in [4.69, 9.17) is 0 Å². The summed E-state index contributed by atoms with van der Waals surface area (Å²) in [5.74, 6) is 1.01. The Kier molecular flexibility index (Phi) is 20.6. The highest BCUT2D eigenvalue weighted by atomic mass is 14.1. The Bertz CT molecular complexity index is 240. The molecule has 1 unspecified atom stereocenters. The fourth-order valence-corrected chi connectivity index (χ4v) is 3.63. The molecule has 1 atom stereocenters. The molecule has 0 rings (SSSR count). The maximum atomic E-state index is 2.40. The van der Waals surface area contributed by atoms with Crippen molar-refractivity contribution in [2.75, 3.05) is 0 Å². The summed E-state index contributed by atoms with van der Waals surface area (Å²) in [6.07, 6.45) is 30.4. The number of unbranched alkanes of at least 4 members (excludes halogenated alkanes) is 12. The number of hydrogen-bond acceptors (Lipinski definition) is 0. The van der Waals surface area contributed by atoms with E-state index >= 15 is 0 Å². The first-order valence-electron chi connectivity index (χ1n) is 11.5. The lowest BCUT2D eigenvalue weighted by Crippen LogP contribution is -1.99. The van der Waals surface area contributed by atoms with Gasteiger partial charge in [0.15, 0.2) is 0 Å². The molecule has 144 valence electrons. The van der Waals surface area contributed by atoms with E-state index in [1.165, 1.54) is 116 Å². The van der Waals surface area contributed by atoms with E-state index < -0.39 is 0 Å². The molecule has 0 aliphatic heterocycles. The molecule has 0 fully saturated rings. The normalized spacial score (nSPS) is 13.0. The van der Waals surface area contributed by atoms with Crippen LogP contribution in [-0.4, -0.2) is 0 Å². The van der Waals surface area contributed by atoms with Gasteiger partial charge in [-0.2, -0.15) is 0 Å². The third kappa shape index (κ3) is 18.1. The van der Waals surface area contributed by atoms with Gasteiger partial charge in [0.2, 0.25) is 0 Å². The summed E-state index contributed by atoms with van der Waals surface area (Å²) in [4.78, 5) is 0. The van der Waals surface area contributed by atoms with Crippen LogP contribution in [0.2, 0.25) is 0 Å². The lowest BCUT2D eigenvalue weighted by Gasteiger charge is -2.14. The third-order valence-corrected chi connectivity index (χ3v) is 5.43. The Morgan fingerprint density at radius 3 is 1.54 bits per heavy atom. The summed E-state index contributed by atoms with van der Waals surface area (Å²) in [6.45, 7) is 6.92. The molecular weight excluding hydrogens is 288 g/mol. The fourth-order valence-electron chi connectivity index (χ4n) is 3.63. The molecule has 0 aromatic rings. The summed E-state index contributed by atoms with van der Waals surface area (Å²) < 4.78 is 0. The lowest BCUT2D eigenvalue weighted by molar-refractivity contribution is 0.392. The first-order chi connectivity index (χ1) is 11.8. The molecule has 0 radical (unpaired) electrons. The molecule has 0 heterocycles. The van der Waals surface area contributed by atoms with Crippen molar-refractivity contribution in [1.29, 1.82) is 0 Å². The Morgan fingerprint density at radius 2 is 1.04 bits per heavy atom. The van der Waals surface area contributed by atoms with Gasteiger partial charge in [-0.05, 0) is 25.2 Å². The van der Waals surface area contributed by atoms with Gasteiger partial charge >= 0.3 is 0 Å². The van der Waals surface area contributed by atoms with Crippen molar-refractivity contribution in [2.24, 2.45) is 5.92 Å². The van der Waals surface area contributed by atoms with Gasteiger partial charge in [0.25, 0.3) is 0 Å². The predicted octanol–water partition coefficient (Wildman–Crippen LogP) is 9.24. The summed E-state index contributed by atoms with van der Waals surface area (Å²) in [6, 6.07) is 0. The maximum absolute atomic E-state index is 2.40. The number of allylic oxidation sites excluding steroid dienone is 2. The first kappa shape index (κ1) is 23.7. The van der Waals surface area contributed by atoms with Crippen LogP contribution in [0, 0.1) is 5.92 Å². The number of hydrogen-bond donors (Lipinski definition) is 0. The highest BCUT2D eigenvalue weighted by Gasteiger charge is 2.05. The molecule has 0 heteroatoms. The minimum Gasteiger partial charge on any atom is -0.0888 e. The van der Waals surface area contributed by atoms with Gasteiger partial charge in [-0.3, -0.25) is 0 Å². The highest BCUT2D eigenvalue weighted by molar-refractivity contribution is 4.79. The number of rotatable bonds is 19. The van der Waals surface area contributed by atoms with Gasteiger partial charge in [-0.1, -0.05) is 129 Å². The Hall–Kier alpha value is -0.260. The second kappa shape index (κ2) is 20.8. The monoisotopic (exact) mass is 336 g/mol. The fraction of sp³-hybridized carbons (Fsp3) is 0.917. The van der Waals surface area contributed by atoms with Gasteiger partial charge in [0.05, 0.1) is 0 Å². The molecule has 0 aromatic carbocycles. The molecule has 0 spiro atoms. The Morgan fingerprint density at radius 1 is 0.542 bits per heavy atom. The molecule has 0 bridgehead atoms. The SMILES string of the molecule is CC/C=C/CCCCCCCC(CC)CCCCCCCCCC. The van der Waals surface area contributed by atoms with Crippen LogP contribution in [-0.2, 0) is 0 Å². The predicted molar refractivity (Wildman–Crippen MR) is 113 cm³/mol. The third-order valence-electron chi connectivity index (χ3n) is 5.43. The molecule has 0 N–H and O–H groups in total. The highest BCUT2D eigenvalue weighted by Crippen LogP contribution is 2.21. The van der Waals surface area contributed by atoms with Crippen molar-refractivity contribution in [2.45, 2.75) is 136 Å². The lowest BCUT2D eigenvalue weighted by atomic mass is 9.92. The van der Waals surface area contributed by atoms with Crippen LogP contribution in [0.15, 0.2) is 12.2 Å². The maximum Gasteiger partial charge on any atom is -0.0351 e. The van der Waals surface area contributed by atoms with Crippen LogP contribution in [0.4, 0.5) is 0 Å². The van der Waals surface area contributed by atoms with Crippen molar-refractivity contribution in [3.05, 3.63) is 12.2 Å². The van der Waals surface area contributed by atoms with E-state index in [0.717, 1.165) is 5.92 Å². The van der Waals surface area contributed by atoms with Gasteiger partial charge in [-0.25, -0.2) is 0 Å². The zero-order valence-corrected chi connectivity index (χ0v) is 17.5. The van der Waals surface area contributed by atoms with Crippen molar-refractivity contribution in [1.82, 2.24) is 0 Å². The van der Waals surface area contributed by atoms with Crippen LogP contribution in [0.3, 0.4) is 0 Å². The second-order valence-electron chi connectivity index (χ2n) is 7.76. The smallest absolute Gasteiger partial charge is 0.0351 e. The van der Waals surface area contributed by atoms with Crippen LogP contribution < -0.4 is 0 Å². The van der Waals surface area contributed by atoms with E-state index in [1.807, 2.05) is 0 Å².